The molecule has 6 heteroatoms. The molecule has 23 heavy (non-hydrogen) atoms. The van der Waals surface area contributed by atoms with E-state index in [-0.39, 0.29) is 5.41 Å². The van der Waals surface area contributed by atoms with Crippen LogP contribution in [0.2, 0.25) is 0 Å². The molecule has 2 heterocycles. The van der Waals surface area contributed by atoms with Crippen molar-refractivity contribution in [1.82, 2.24) is 14.1 Å². The number of hydrogen-bond donors (Lipinski definition) is 0. The first-order valence-electron chi connectivity index (χ1n) is 7.96. The Bertz CT molecular complexity index is 783. The Morgan fingerprint density at radius 2 is 1.65 bits per heavy atom. The summed E-state index contributed by atoms with van der Waals surface area (Å²) >= 11 is 0. The number of nitrogens with zero attached hydrogens (tertiary/aromatic N) is 3. The van der Waals surface area contributed by atoms with Gasteiger partial charge in [0.1, 0.15) is 4.90 Å². The van der Waals surface area contributed by atoms with E-state index in [9.17, 15) is 8.42 Å². The number of para-hydroxylation sites is 1. The Hall–Kier alpha value is -1.66. The van der Waals surface area contributed by atoms with E-state index in [1.54, 1.807) is 15.2 Å². The molecule has 0 saturated carbocycles. The summed E-state index contributed by atoms with van der Waals surface area (Å²) in [4.78, 5) is 0.329. The largest absolute Gasteiger partial charge is 0.246 e. The lowest BCUT2D eigenvalue weighted by atomic mass is 9.92. The third-order valence-electron chi connectivity index (χ3n) is 4.09. The van der Waals surface area contributed by atoms with Crippen LogP contribution in [0.5, 0.6) is 0 Å². The lowest BCUT2D eigenvalue weighted by Gasteiger charge is -2.20. The molecule has 2 aromatic rings. The van der Waals surface area contributed by atoms with Gasteiger partial charge in [-0.1, -0.05) is 39.0 Å². The van der Waals surface area contributed by atoms with Crippen LogP contribution in [0.3, 0.4) is 0 Å². The quantitative estimate of drug-likeness (QED) is 0.868. The van der Waals surface area contributed by atoms with Crippen molar-refractivity contribution in [3.05, 3.63) is 42.2 Å². The molecular formula is C17H23N3O2S. The van der Waals surface area contributed by atoms with Gasteiger partial charge in [-0.15, -0.1) is 0 Å². The standard InChI is InChI=1S/C17H23N3O2S/c1-17(2,3)16-15(23(21,22)19-11-7-8-12-19)13-20(18-16)14-9-5-4-6-10-14/h4-6,9-10,13H,7-8,11-12H2,1-3H3. The minimum absolute atomic E-state index is 0.329. The number of sulfonamides is 1. The van der Waals surface area contributed by atoms with E-state index < -0.39 is 10.0 Å². The third kappa shape index (κ3) is 3.05. The van der Waals surface area contributed by atoms with Crippen LogP contribution in [0, 0.1) is 0 Å². The molecule has 0 atom stereocenters. The predicted octanol–water partition coefficient (Wildman–Crippen LogP) is 2.95. The molecule has 0 aliphatic carbocycles. The lowest BCUT2D eigenvalue weighted by Crippen LogP contribution is -2.29. The van der Waals surface area contributed by atoms with Crippen molar-refractivity contribution in [3.63, 3.8) is 0 Å². The van der Waals surface area contributed by atoms with E-state index >= 15 is 0 Å². The Labute approximate surface area is 138 Å². The van der Waals surface area contributed by atoms with E-state index in [0.717, 1.165) is 18.5 Å². The maximum atomic E-state index is 13.0. The van der Waals surface area contributed by atoms with Gasteiger partial charge in [0, 0.05) is 18.5 Å². The summed E-state index contributed by atoms with van der Waals surface area (Å²) in [6, 6.07) is 9.61. The second-order valence-corrected chi connectivity index (χ2v) is 8.89. The highest BCUT2D eigenvalue weighted by atomic mass is 32.2. The van der Waals surface area contributed by atoms with E-state index in [0.29, 0.717) is 23.7 Å². The number of hydrogen-bond acceptors (Lipinski definition) is 3. The molecule has 5 nitrogen and oxygen atoms in total. The molecule has 0 spiro atoms. The summed E-state index contributed by atoms with van der Waals surface area (Å²) in [6.45, 7) is 7.18. The van der Waals surface area contributed by atoms with Gasteiger partial charge in [-0.05, 0) is 25.0 Å². The van der Waals surface area contributed by atoms with Gasteiger partial charge in [0.2, 0.25) is 10.0 Å². The van der Waals surface area contributed by atoms with Crippen molar-refractivity contribution in [3.8, 4) is 5.69 Å². The Morgan fingerprint density at radius 3 is 2.22 bits per heavy atom. The van der Waals surface area contributed by atoms with Crippen LogP contribution in [-0.2, 0) is 15.4 Å². The molecule has 1 saturated heterocycles. The van der Waals surface area contributed by atoms with Crippen LogP contribution in [0.15, 0.2) is 41.4 Å². The number of benzene rings is 1. The fraction of sp³-hybridized carbons (Fsp3) is 0.471. The molecule has 1 aliphatic heterocycles. The molecule has 0 bridgehead atoms. The van der Waals surface area contributed by atoms with E-state index in [1.807, 2.05) is 51.1 Å². The Balaban J connectivity index is 2.14. The summed E-state index contributed by atoms with van der Waals surface area (Å²) in [7, 11) is -3.49. The smallest absolute Gasteiger partial charge is 0.239 e. The van der Waals surface area contributed by atoms with Crippen molar-refractivity contribution in [2.45, 2.75) is 43.9 Å². The van der Waals surface area contributed by atoms with Gasteiger partial charge in [0.05, 0.1) is 17.6 Å². The highest BCUT2D eigenvalue weighted by Gasteiger charge is 2.35. The monoisotopic (exact) mass is 333 g/mol. The second-order valence-electron chi connectivity index (χ2n) is 6.98. The Morgan fingerprint density at radius 1 is 1.04 bits per heavy atom. The number of rotatable bonds is 3. The van der Waals surface area contributed by atoms with E-state index in [1.165, 1.54) is 0 Å². The van der Waals surface area contributed by atoms with Gasteiger partial charge < -0.3 is 0 Å². The molecule has 0 radical (unpaired) electrons. The number of aromatic nitrogens is 2. The average Bonchev–Trinajstić information content (AvgIpc) is 3.18. The first kappa shape index (κ1) is 16.2. The highest BCUT2D eigenvalue weighted by molar-refractivity contribution is 7.89. The van der Waals surface area contributed by atoms with Crippen molar-refractivity contribution in [2.75, 3.05) is 13.1 Å². The molecule has 1 aromatic heterocycles. The Kier molecular flexibility index (Phi) is 4.06. The van der Waals surface area contributed by atoms with E-state index in [2.05, 4.69) is 5.10 Å². The van der Waals surface area contributed by atoms with Crippen molar-refractivity contribution in [1.29, 1.82) is 0 Å². The highest BCUT2D eigenvalue weighted by Crippen LogP contribution is 2.31. The zero-order chi connectivity index (χ0) is 16.7. The molecule has 0 amide bonds. The minimum Gasteiger partial charge on any atom is -0.239 e. The fourth-order valence-corrected chi connectivity index (χ4v) is 4.69. The van der Waals surface area contributed by atoms with Crippen LogP contribution in [0.25, 0.3) is 5.69 Å². The van der Waals surface area contributed by atoms with Crippen molar-refractivity contribution >= 4 is 10.0 Å². The maximum Gasteiger partial charge on any atom is 0.246 e. The van der Waals surface area contributed by atoms with Crippen molar-refractivity contribution < 1.29 is 8.42 Å². The maximum absolute atomic E-state index is 13.0. The van der Waals surface area contributed by atoms with Crippen LogP contribution in [0.4, 0.5) is 0 Å². The topological polar surface area (TPSA) is 55.2 Å². The fourth-order valence-electron chi connectivity index (χ4n) is 2.85. The van der Waals surface area contributed by atoms with Gasteiger partial charge in [0.25, 0.3) is 0 Å². The van der Waals surface area contributed by atoms with Crippen LogP contribution in [-0.4, -0.2) is 35.6 Å². The summed E-state index contributed by atoms with van der Waals surface area (Å²) < 4.78 is 29.3. The van der Waals surface area contributed by atoms with Crippen LogP contribution in [0.1, 0.15) is 39.3 Å². The first-order chi connectivity index (χ1) is 10.8. The zero-order valence-electron chi connectivity index (χ0n) is 13.9. The normalized spacial score (nSPS) is 16.8. The van der Waals surface area contributed by atoms with Crippen molar-refractivity contribution in [2.24, 2.45) is 0 Å². The molecule has 0 N–H and O–H groups in total. The van der Waals surface area contributed by atoms with Gasteiger partial charge in [-0.25, -0.2) is 13.1 Å². The summed E-state index contributed by atoms with van der Waals surface area (Å²) in [5, 5.41) is 4.60. The predicted molar refractivity (Wildman–Crippen MR) is 90.3 cm³/mol. The van der Waals surface area contributed by atoms with Crippen LogP contribution >= 0.6 is 0 Å². The molecule has 1 fully saturated rings. The van der Waals surface area contributed by atoms with E-state index in [4.69, 9.17) is 0 Å². The van der Waals surface area contributed by atoms with Gasteiger partial charge in [-0.3, -0.25) is 0 Å². The average molecular weight is 333 g/mol. The summed E-state index contributed by atoms with van der Waals surface area (Å²) in [5.41, 5.74) is 1.14. The molecule has 1 aromatic carbocycles. The van der Waals surface area contributed by atoms with Crippen LogP contribution < -0.4 is 0 Å². The van der Waals surface area contributed by atoms with Gasteiger partial charge in [0.15, 0.2) is 0 Å². The molecule has 3 rings (SSSR count). The summed E-state index contributed by atoms with van der Waals surface area (Å²) in [6.07, 6.45) is 3.51. The molecular weight excluding hydrogens is 310 g/mol. The first-order valence-corrected chi connectivity index (χ1v) is 9.40. The molecule has 0 unspecified atom stereocenters. The zero-order valence-corrected chi connectivity index (χ0v) is 14.7. The molecule has 1 aliphatic rings. The second kappa shape index (κ2) is 5.76. The third-order valence-corrected chi connectivity index (χ3v) is 5.99. The minimum atomic E-state index is -3.49. The molecule has 124 valence electrons. The SMILES string of the molecule is CC(C)(C)c1nn(-c2ccccc2)cc1S(=O)(=O)N1CCCC1. The summed E-state index contributed by atoms with van der Waals surface area (Å²) in [5.74, 6) is 0. The van der Waals surface area contributed by atoms with Gasteiger partial charge >= 0.3 is 0 Å². The lowest BCUT2D eigenvalue weighted by molar-refractivity contribution is 0.471. The van der Waals surface area contributed by atoms with Gasteiger partial charge in [-0.2, -0.15) is 9.40 Å².